The molecule has 15 heavy (non-hydrogen) atoms. The van der Waals surface area contributed by atoms with Crippen molar-refractivity contribution in [3.05, 3.63) is 0 Å². The third kappa shape index (κ3) is 2.78. The minimum Gasteiger partial charge on any atom is -0.296 e. The maximum Gasteiger partial charge on any atom is 0.170 e. The van der Waals surface area contributed by atoms with E-state index in [0.717, 1.165) is 6.26 Å². The fraction of sp³-hybridized carbons (Fsp3) is 0.800. The van der Waals surface area contributed by atoms with Crippen LogP contribution in [0.15, 0.2) is 0 Å². The summed E-state index contributed by atoms with van der Waals surface area (Å²) in [5, 5.41) is 8.83. The molecule has 4 nitrogen and oxygen atoms in total. The van der Waals surface area contributed by atoms with E-state index in [1.807, 2.05) is 6.07 Å². The molecular weight excluding hydrogens is 214 g/mol. The number of carbonyl (C=O) groups excluding carboxylic acids is 1. The Balaban J connectivity index is 5.29. The van der Waals surface area contributed by atoms with Crippen molar-refractivity contribution in [2.24, 2.45) is 11.8 Å². The molecule has 86 valence electrons. The second-order valence-electron chi connectivity index (χ2n) is 4.50. The van der Waals surface area contributed by atoms with Gasteiger partial charge in [0.1, 0.15) is 10.7 Å². The number of hydrogen-bond acceptors (Lipinski definition) is 4. The molecule has 0 aliphatic heterocycles. The Labute approximate surface area is 91.2 Å². The highest BCUT2D eigenvalue weighted by Gasteiger charge is 2.42. The van der Waals surface area contributed by atoms with Gasteiger partial charge < -0.3 is 0 Å². The van der Waals surface area contributed by atoms with Crippen molar-refractivity contribution in [2.75, 3.05) is 6.26 Å². The van der Waals surface area contributed by atoms with Crippen molar-refractivity contribution in [3.63, 3.8) is 0 Å². The maximum absolute atomic E-state index is 11.9. The molecule has 0 heterocycles. The number of Topliss-reactive ketones (excluding diaryl/α,β-unsaturated/α-hetero) is 1. The molecule has 0 saturated carbocycles. The van der Waals surface area contributed by atoms with Crippen molar-refractivity contribution >= 4 is 15.6 Å². The predicted octanol–water partition coefficient (Wildman–Crippen LogP) is 1.17. The van der Waals surface area contributed by atoms with Crippen LogP contribution in [0.3, 0.4) is 0 Å². The van der Waals surface area contributed by atoms with Gasteiger partial charge in [0.05, 0.1) is 6.07 Å². The summed E-state index contributed by atoms with van der Waals surface area (Å²) < 4.78 is 21.3. The van der Waals surface area contributed by atoms with E-state index in [-0.39, 0.29) is 5.92 Å². The average molecular weight is 231 g/mol. The van der Waals surface area contributed by atoms with Gasteiger partial charge in [0, 0.05) is 6.26 Å². The van der Waals surface area contributed by atoms with E-state index in [2.05, 4.69) is 0 Å². The van der Waals surface area contributed by atoms with Gasteiger partial charge in [0.2, 0.25) is 0 Å². The third-order valence-corrected chi connectivity index (χ3v) is 4.66. The predicted molar refractivity (Wildman–Crippen MR) is 57.9 cm³/mol. The van der Waals surface area contributed by atoms with E-state index in [1.165, 1.54) is 13.8 Å². The molecular formula is C10H17NO3S. The van der Waals surface area contributed by atoms with Gasteiger partial charge in [-0.25, -0.2) is 8.42 Å². The molecule has 0 fully saturated rings. The van der Waals surface area contributed by atoms with Gasteiger partial charge in [-0.1, -0.05) is 13.8 Å². The monoisotopic (exact) mass is 231 g/mol. The number of carbonyl (C=O) groups is 1. The van der Waals surface area contributed by atoms with Crippen LogP contribution in [0.2, 0.25) is 0 Å². The Hall–Kier alpha value is -0.890. The Kier molecular flexibility index (Phi) is 4.06. The average Bonchev–Trinajstić information content (AvgIpc) is 2.02. The van der Waals surface area contributed by atoms with E-state index in [0.29, 0.717) is 0 Å². The number of sulfone groups is 1. The smallest absolute Gasteiger partial charge is 0.170 e. The molecule has 0 aliphatic rings. The molecule has 0 spiro atoms. The Morgan fingerprint density at radius 3 is 1.93 bits per heavy atom. The van der Waals surface area contributed by atoms with Crippen LogP contribution in [-0.2, 0) is 14.6 Å². The van der Waals surface area contributed by atoms with Crippen LogP contribution in [0, 0.1) is 23.2 Å². The second-order valence-corrected chi connectivity index (χ2v) is 7.06. The van der Waals surface area contributed by atoms with Crippen molar-refractivity contribution in [1.82, 2.24) is 0 Å². The normalized spacial score (nSPS) is 14.7. The number of hydrogen-bond donors (Lipinski definition) is 0. The van der Waals surface area contributed by atoms with Crippen molar-refractivity contribution in [1.29, 1.82) is 5.26 Å². The van der Waals surface area contributed by atoms with Crippen LogP contribution < -0.4 is 0 Å². The minimum absolute atomic E-state index is 0.177. The quantitative estimate of drug-likeness (QED) is 0.728. The van der Waals surface area contributed by atoms with Gasteiger partial charge in [-0.05, 0) is 19.8 Å². The van der Waals surface area contributed by atoms with Crippen molar-refractivity contribution in [2.45, 2.75) is 32.4 Å². The van der Waals surface area contributed by atoms with Crippen LogP contribution in [0.1, 0.15) is 27.7 Å². The topological polar surface area (TPSA) is 75.0 Å². The Morgan fingerprint density at radius 2 is 1.73 bits per heavy atom. The molecule has 0 N–H and O–H groups in total. The minimum atomic E-state index is -3.49. The first-order chi connectivity index (χ1) is 6.55. The molecule has 1 unspecified atom stereocenters. The molecule has 0 rings (SSSR count). The fourth-order valence-corrected chi connectivity index (χ4v) is 1.56. The zero-order valence-corrected chi connectivity index (χ0v) is 10.6. The molecule has 0 aromatic carbocycles. The summed E-state index contributed by atoms with van der Waals surface area (Å²) in [5.74, 6) is -1.57. The third-order valence-electron chi connectivity index (χ3n) is 2.61. The lowest BCUT2D eigenvalue weighted by Crippen LogP contribution is -2.44. The zero-order valence-electron chi connectivity index (χ0n) is 9.73. The van der Waals surface area contributed by atoms with Gasteiger partial charge in [-0.2, -0.15) is 5.26 Å². The van der Waals surface area contributed by atoms with Gasteiger partial charge in [-0.3, -0.25) is 4.79 Å². The zero-order chi connectivity index (χ0) is 12.4. The molecule has 0 aromatic heterocycles. The first-order valence-electron chi connectivity index (χ1n) is 4.69. The second kappa shape index (κ2) is 4.31. The van der Waals surface area contributed by atoms with Crippen LogP contribution in [0.4, 0.5) is 0 Å². The van der Waals surface area contributed by atoms with Gasteiger partial charge in [-0.15, -0.1) is 0 Å². The molecule has 0 saturated heterocycles. The van der Waals surface area contributed by atoms with E-state index < -0.39 is 26.3 Å². The molecule has 0 bridgehead atoms. The van der Waals surface area contributed by atoms with Crippen LogP contribution in [0.25, 0.3) is 0 Å². The lowest BCUT2D eigenvalue weighted by atomic mass is 9.87. The standard InChI is InChI=1S/C10H17NO3S/c1-7(2)8(6-11)9(12)10(3,4)15(5,13)14/h7-8H,1-5H3. The summed E-state index contributed by atoms with van der Waals surface area (Å²) in [7, 11) is -3.49. The first-order valence-corrected chi connectivity index (χ1v) is 6.58. The largest absolute Gasteiger partial charge is 0.296 e. The van der Waals surface area contributed by atoms with Crippen LogP contribution in [-0.4, -0.2) is 25.2 Å². The highest BCUT2D eigenvalue weighted by Crippen LogP contribution is 2.24. The molecule has 0 aromatic rings. The Bertz CT molecular complexity index is 387. The Morgan fingerprint density at radius 1 is 1.33 bits per heavy atom. The van der Waals surface area contributed by atoms with Gasteiger partial charge in [0.15, 0.2) is 15.6 Å². The summed E-state index contributed by atoms with van der Waals surface area (Å²) in [6.07, 6.45) is 1.01. The maximum atomic E-state index is 11.9. The number of nitrogens with zero attached hydrogens (tertiary/aromatic N) is 1. The van der Waals surface area contributed by atoms with Gasteiger partial charge in [0.25, 0.3) is 0 Å². The van der Waals surface area contributed by atoms with E-state index >= 15 is 0 Å². The summed E-state index contributed by atoms with van der Waals surface area (Å²) >= 11 is 0. The summed E-state index contributed by atoms with van der Waals surface area (Å²) in [4.78, 5) is 11.9. The highest BCUT2D eigenvalue weighted by atomic mass is 32.2. The number of rotatable bonds is 4. The molecule has 0 radical (unpaired) electrons. The number of ketones is 1. The van der Waals surface area contributed by atoms with E-state index in [1.54, 1.807) is 13.8 Å². The summed E-state index contributed by atoms with van der Waals surface area (Å²) in [6, 6.07) is 1.87. The van der Waals surface area contributed by atoms with E-state index in [4.69, 9.17) is 5.26 Å². The lowest BCUT2D eigenvalue weighted by molar-refractivity contribution is -0.124. The van der Waals surface area contributed by atoms with Crippen molar-refractivity contribution < 1.29 is 13.2 Å². The van der Waals surface area contributed by atoms with E-state index in [9.17, 15) is 13.2 Å². The summed E-state index contributed by atoms with van der Waals surface area (Å²) in [6.45, 7) is 6.14. The fourth-order valence-electron chi connectivity index (χ4n) is 1.07. The van der Waals surface area contributed by atoms with Crippen LogP contribution >= 0.6 is 0 Å². The molecule has 1 atom stereocenters. The lowest BCUT2D eigenvalue weighted by Gasteiger charge is -2.24. The molecule has 0 aliphatic carbocycles. The highest BCUT2D eigenvalue weighted by molar-refractivity contribution is 7.92. The number of nitriles is 1. The molecule has 5 heteroatoms. The summed E-state index contributed by atoms with van der Waals surface area (Å²) in [5.41, 5.74) is 0. The van der Waals surface area contributed by atoms with Crippen molar-refractivity contribution in [3.8, 4) is 6.07 Å². The first kappa shape index (κ1) is 14.1. The van der Waals surface area contributed by atoms with Gasteiger partial charge >= 0.3 is 0 Å². The molecule has 0 amide bonds. The van der Waals surface area contributed by atoms with Crippen LogP contribution in [0.5, 0.6) is 0 Å². The SMILES string of the molecule is CC(C)C(C#N)C(=O)C(C)(C)S(C)(=O)=O.